The number of nitrogens with one attached hydrogen (secondary N) is 1. The molecule has 3 aliphatic heterocycles. The van der Waals surface area contributed by atoms with Crippen LogP contribution in [0.3, 0.4) is 0 Å². The first-order chi connectivity index (χ1) is 22.5. The van der Waals surface area contributed by atoms with Crippen molar-refractivity contribution in [2.75, 3.05) is 26.2 Å². The topological polar surface area (TPSA) is 156 Å². The van der Waals surface area contributed by atoms with Crippen LogP contribution in [0.5, 0.6) is 5.75 Å². The van der Waals surface area contributed by atoms with Gasteiger partial charge >= 0.3 is 12.1 Å². The molecule has 3 heterocycles. The molecule has 2 saturated heterocycles. The number of allylic oxidation sites excluding steroid dienone is 1. The van der Waals surface area contributed by atoms with Gasteiger partial charge in [-0.2, -0.15) is 0 Å². The number of anilines is 1. The van der Waals surface area contributed by atoms with Crippen LogP contribution in [0, 0.1) is 11.3 Å². The zero-order valence-corrected chi connectivity index (χ0v) is 30.2. The van der Waals surface area contributed by atoms with Gasteiger partial charge < -0.3 is 38.8 Å². The van der Waals surface area contributed by atoms with Gasteiger partial charge in [0.05, 0.1) is 30.7 Å². The largest absolute Gasteiger partial charge is 0.495 e. The van der Waals surface area contributed by atoms with Crippen molar-refractivity contribution in [3.63, 3.8) is 0 Å². The normalized spacial score (nSPS) is 33.2. The Labute approximate surface area is 288 Å². The van der Waals surface area contributed by atoms with E-state index in [-0.39, 0.29) is 24.3 Å². The fourth-order valence-electron chi connectivity index (χ4n) is 6.73. The quantitative estimate of drug-likeness (QED) is 0.205. The van der Waals surface area contributed by atoms with E-state index in [1.807, 2.05) is 33.8 Å². The molecule has 4 bridgehead atoms. The number of amides is 2. The molecule has 4 rings (SSSR count). The van der Waals surface area contributed by atoms with Gasteiger partial charge in [0.1, 0.15) is 40.8 Å². The summed E-state index contributed by atoms with van der Waals surface area (Å²) in [4.78, 5) is 41.8. The van der Waals surface area contributed by atoms with Crippen LogP contribution in [0.25, 0.3) is 0 Å². The number of alkyl carbamates (subject to hydrolysis) is 1. The third-order valence-corrected chi connectivity index (χ3v) is 11.1. The number of rotatable bonds is 6. The lowest BCUT2D eigenvalue weighted by atomic mass is 9.82. The monoisotopic (exact) mass is 694 g/mol. The van der Waals surface area contributed by atoms with Crippen LogP contribution in [-0.4, -0.2) is 85.2 Å². The smallest absolute Gasteiger partial charge is 0.409 e. The average Bonchev–Trinajstić information content (AvgIpc) is 3.75. The summed E-state index contributed by atoms with van der Waals surface area (Å²) >= 11 is 6.77. The van der Waals surface area contributed by atoms with Gasteiger partial charge in [0.25, 0.3) is 0 Å². The number of benzene rings is 1. The zero-order valence-electron chi connectivity index (χ0n) is 29.4. The molecule has 0 radical (unpaired) electrons. The second kappa shape index (κ2) is 14.5. The summed E-state index contributed by atoms with van der Waals surface area (Å²) in [6.07, 6.45) is -2.15. The standard InChI is InChI=1S/C35H51ClN2O10/c1-10-33(5,11-2)31(41)47-26-17-27(40)38(7)22-15-21(16-23(44-8)28(22)36)29(45-9)19(3)13-12-14-25(39)35(43)18-24(46-32(42)37-35)20(4)30-34(26,6)48-30/h13,15-16,20,24-26,29-30,39,43H,10-12,14,17-18H2,1-9H3,(H,37,42). The SMILES string of the molecule is CCC(C)(CC)C(=O)OC1CC(=O)N(C)c2cc(cc(OC)c2Cl)C(OC)C(C)=CCCC(O)C2(O)CC(OC(=O)N2)C(C)C2OC12C. The summed E-state index contributed by atoms with van der Waals surface area (Å²) in [7, 11) is 4.62. The molecule has 3 N–H and O–H groups in total. The van der Waals surface area contributed by atoms with Crippen molar-refractivity contribution in [3.8, 4) is 5.75 Å². The van der Waals surface area contributed by atoms with Crippen molar-refractivity contribution in [2.24, 2.45) is 11.3 Å². The van der Waals surface area contributed by atoms with Crippen molar-refractivity contribution in [1.82, 2.24) is 5.32 Å². The van der Waals surface area contributed by atoms with Crippen LogP contribution in [0.15, 0.2) is 23.8 Å². The number of methoxy groups -OCH3 is 2. The number of aliphatic hydroxyl groups excluding tert-OH is 1. The molecule has 8 atom stereocenters. The third-order valence-electron chi connectivity index (χ3n) is 10.8. The Hall–Kier alpha value is -2.90. The van der Waals surface area contributed by atoms with Gasteiger partial charge in [-0.1, -0.05) is 38.4 Å². The number of ether oxygens (including phenoxy) is 5. The molecule has 0 aromatic heterocycles. The first-order valence-corrected chi connectivity index (χ1v) is 17.0. The first-order valence-electron chi connectivity index (χ1n) is 16.6. The summed E-state index contributed by atoms with van der Waals surface area (Å²) in [5.74, 6) is -1.01. The number of carbonyl (C=O) groups excluding carboxylic acids is 3. The number of carbonyl (C=O) groups is 3. The van der Waals surface area contributed by atoms with E-state index in [2.05, 4.69) is 5.32 Å². The van der Waals surface area contributed by atoms with Gasteiger partial charge in [0, 0.05) is 26.5 Å². The molecule has 0 aliphatic carbocycles. The summed E-state index contributed by atoms with van der Waals surface area (Å²) in [5, 5.41) is 25.2. The maximum absolute atomic E-state index is 14.1. The highest BCUT2D eigenvalue weighted by molar-refractivity contribution is 6.35. The molecule has 2 amide bonds. The Kier molecular flexibility index (Phi) is 11.5. The molecular weight excluding hydrogens is 644 g/mol. The Morgan fingerprint density at radius 2 is 1.90 bits per heavy atom. The maximum atomic E-state index is 14.1. The summed E-state index contributed by atoms with van der Waals surface area (Å²) in [6.45, 7) is 11.1. The van der Waals surface area contributed by atoms with Crippen LogP contribution in [-0.2, 0) is 28.5 Å². The maximum Gasteiger partial charge on any atom is 0.409 e. The summed E-state index contributed by atoms with van der Waals surface area (Å²) in [5.41, 5.74) is -2.04. The fraction of sp³-hybridized carbons (Fsp3) is 0.686. The Morgan fingerprint density at radius 3 is 2.50 bits per heavy atom. The molecule has 268 valence electrons. The first kappa shape index (κ1) is 37.9. The third kappa shape index (κ3) is 7.33. The highest BCUT2D eigenvalue weighted by Gasteiger charge is 2.64. The minimum absolute atomic E-state index is 0.111. The number of esters is 1. The Balaban J connectivity index is 1.82. The zero-order chi connectivity index (χ0) is 35.8. The van der Waals surface area contributed by atoms with Crippen molar-refractivity contribution in [1.29, 1.82) is 0 Å². The van der Waals surface area contributed by atoms with E-state index in [9.17, 15) is 24.6 Å². The summed E-state index contributed by atoms with van der Waals surface area (Å²) < 4.78 is 29.4. The van der Waals surface area contributed by atoms with Crippen molar-refractivity contribution in [2.45, 2.75) is 122 Å². The van der Waals surface area contributed by atoms with Gasteiger partial charge in [-0.3, -0.25) is 14.9 Å². The lowest BCUT2D eigenvalue weighted by molar-refractivity contribution is -0.165. The van der Waals surface area contributed by atoms with Gasteiger partial charge in [-0.15, -0.1) is 0 Å². The van der Waals surface area contributed by atoms with E-state index in [0.717, 1.165) is 5.57 Å². The van der Waals surface area contributed by atoms with E-state index in [0.29, 0.717) is 36.3 Å². The molecule has 8 unspecified atom stereocenters. The fourth-order valence-corrected chi connectivity index (χ4v) is 7.04. The second-order valence-corrected chi connectivity index (χ2v) is 14.2. The minimum atomic E-state index is -1.96. The van der Waals surface area contributed by atoms with Crippen molar-refractivity contribution < 1.29 is 48.3 Å². The van der Waals surface area contributed by atoms with Gasteiger partial charge in [0.2, 0.25) is 5.91 Å². The van der Waals surface area contributed by atoms with E-state index in [4.69, 9.17) is 35.3 Å². The average molecular weight is 695 g/mol. The van der Waals surface area contributed by atoms with Gasteiger partial charge in [0.15, 0.2) is 5.72 Å². The van der Waals surface area contributed by atoms with E-state index >= 15 is 0 Å². The number of nitrogens with zero attached hydrogens (tertiary/aromatic N) is 1. The number of halogens is 1. The van der Waals surface area contributed by atoms with E-state index in [1.54, 1.807) is 40.1 Å². The van der Waals surface area contributed by atoms with Crippen molar-refractivity contribution in [3.05, 3.63) is 34.4 Å². The molecule has 0 spiro atoms. The molecule has 3 aliphatic rings. The minimum Gasteiger partial charge on any atom is -0.495 e. The predicted molar refractivity (Wildman–Crippen MR) is 179 cm³/mol. The van der Waals surface area contributed by atoms with Crippen LogP contribution < -0.4 is 15.0 Å². The van der Waals surface area contributed by atoms with E-state index < -0.39 is 71.1 Å². The van der Waals surface area contributed by atoms with Crippen LogP contribution in [0.2, 0.25) is 5.02 Å². The van der Waals surface area contributed by atoms with Crippen molar-refractivity contribution >= 4 is 35.3 Å². The van der Waals surface area contributed by atoms with Crippen LogP contribution in [0.4, 0.5) is 10.5 Å². The van der Waals surface area contributed by atoms with Crippen LogP contribution >= 0.6 is 11.6 Å². The molecule has 1 aromatic carbocycles. The molecule has 1 aromatic rings. The number of aliphatic hydroxyl groups is 2. The predicted octanol–water partition coefficient (Wildman–Crippen LogP) is 5.21. The summed E-state index contributed by atoms with van der Waals surface area (Å²) in [6, 6.07) is 3.49. The molecule has 2 fully saturated rings. The highest BCUT2D eigenvalue weighted by Crippen LogP contribution is 2.50. The number of fused-ring (bicyclic) bond motifs is 5. The second-order valence-electron chi connectivity index (χ2n) is 13.8. The molecular formula is C35H51ClN2O10. The molecule has 0 saturated carbocycles. The van der Waals surface area contributed by atoms with Gasteiger partial charge in [-0.25, -0.2) is 4.79 Å². The number of hydrogen-bond donors (Lipinski definition) is 3. The molecule has 13 heteroatoms. The number of hydrogen-bond acceptors (Lipinski definition) is 10. The van der Waals surface area contributed by atoms with E-state index in [1.165, 1.54) is 12.0 Å². The lowest BCUT2D eigenvalue weighted by Crippen LogP contribution is -2.63. The van der Waals surface area contributed by atoms with Crippen LogP contribution in [0.1, 0.15) is 91.7 Å². The Morgan fingerprint density at radius 1 is 1.23 bits per heavy atom. The molecule has 48 heavy (non-hydrogen) atoms. The number of epoxide rings is 1. The highest BCUT2D eigenvalue weighted by atomic mass is 35.5. The Bertz CT molecular complexity index is 1420. The van der Waals surface area contributed by atoms with Gasteiger partial charge in [-0.05, 0) is 69.7 Å². The molecule has 12 nitrogen and oxygen atoms in total. The lowest BCUT2D eigenvalue weighted by Gasteiger charge is -2.41.